The van der Waals surface area contributed by atoms with Crippen LogP contribution in [-0.2, 0) is 0 Å². The van der Waals surface area contributed by atoms with Gasteiger partial charge in [0.05, 0.1) is 13.1 Å². The summed E-state index contributed by atoms with van der Waals surface area (Å²) in [5.74, 6) is -0.274. The van der Waals surface area contributed by atoms with Crippen molar-refractivity contribution in [1.29, 1.82) is 0 Å². The topological polar surface area (TPSA) is 49.9 Å². The van der Waals surface area contributed by atoms with E-state index in [0.717, 1.165) is 16.1 Å². The molecular weight excluding hydrogens is 388 g/mol. The van der Waals surface area contributed by atoms with E-state index in [1.54, 1.807) is 49.4 Å². The molecule has 29 heavy (non-hydrogen) atoms. The molecule has 156 valence electrons. The number of benzene rings is 2. The first kappa shape index (κ1) is 22.9. The molecule has 0 aromatic heterocycles. The molecule has 0 saturated carbocycles. The zero-order valence-electron chi connectivity index (χ0n) is 18.2. The summed E-state index contributed by atoms with van der Waals surface area (Å²) >= 11 is 6.23. The van der Waals surface area contributed by atoms with Gasteiger partial charge in [0.15, 0.2) is 0 Å². The molecule has 0 saturated heterocycles. The summed E-state index contributed by atoms with van der Waals surface area (Å²) < 4.78 is 5.35. The van der Waals surface area contributed by atoms with Crippen molar-refractivity contribution in [3.8, 4) is 5.75 Å². The van der Waals surface area contributed by atoms with Crippen LogP contribution in [0.15, 0.2) is 36.4 Å². The number of halogens is 1. The number of nitrogens with zero attached hydrogens (tertiary/aromatic N) is 2. The maximum Gasteiger partial charge on any atom is 0.276 e. The van der Waals surface area contributed by atoms with Crippen LogP contribution in [0.5, 0.6) is 5.75 Å². The van der Waals surface area contributed by atoms with Crippen LogP contribution >= 0.6 is 11.6 Å². The minimum absolute atomic E-state index is 0.0191. The highest BCUT2D eigenvalue weighted by Crippen LogP contribution is 2.27. The van der Waals surface area contributed by atoms with Crippen LogP contribution in [0.2, 0.25) is 0 Å². The number of carbonyl (C=O) groups is 2. The van der Waals surface area contributed by atoms with Gasteiger partial charge < -0.3 is 4.74 Å². The van der Waals surface area contributed by atoms with Gasteiger partial charge in [-0.15, -0.1) is 11.6 Å². The Labute approximate surface area is 178 Å². The highest BCUT2D eigenvalue weighted by atomic mass is 35.5. The Balaban J connectivity index is 2.65. The molecule has 0 fully saturated rings. The number of hydrogen-bond acceptors (Lipinski definition) is 4. The van der Waals surface area contributed by atoms with Crippen molar-refractivity contribution in [2.75, 3.05) is 13.1 Å². The summed E-state index contributed by atoms with van der Waals surface area (Å²) in [5, 5.41) is 2.73. The van der Waals surface area contributed by atoms with Gasteiger partial charge in [-0.2, -0.15) is 5.01 Å². The van der Waals surface area contributed by atoms with Crippen molar-refractivity contribution in [1.82, 2.24) is 10.0 Å². The standard InChI is InChI=1S/C23H29ClN2O3/c1-15-11-16(2)13-18(12-15)21(27)26(25(14-24)23(4,5)6)22(28)19-9-8-10-20(29-7)17(19)3/h8-13H,14H2,1-7H3. The summed E-state index contributed by atoms with van der Waals surface area (Å²) in [7, 11) is 1.55. The van der Waals surface area contributed by atoms with E-state index in [-0.39, 0.29) is 6.00 Å². The summed E-state index contributed by atoms with van der Waals surface area (Å²) in [4.78, 5) is 27.2. The number of carbonyl (C=O) groups excluding carboxylic acids is 2. The molecule has 6 heteroatoms. The molecule has 0 radical (unpaired) electrons. The van der Waals surface area contributed by atoms with Crippen molar-refractivity contribution in [3.63, 3.8) is 0 Å². The number of hydrogen-bond donors (Lipinski definition) is 0. The lowest BCUT2D eigenvalue weighted by Crippen LogP contribution is -2.57. The van der Waals surface area contributed by atoms with E-state index in [0.29, 0.717) is 22.4 Å². The fraction of sp³-hybridized carbons (Fsp3) is 0.391. The molecule has 2 amide bonds. The lowest BCUT2D eigenvalue weighted by molar-refractivity contribution is -0.0356. The van der Waals surface area contributed by atoms with Crippen LogP contribution in [0.25, 0.3) is 0 Å². The lowest BCUT2D eigenvalue weighted by atomic mass is 10.0. The van der Waals surface area contributed by atoms with Crippen LogP contribution in [0.4, 0.5) is 0 Å². The first-order chi connectivity index (χ1) is 13.5. The zero-order valence-corrected chi connectivity index (χ0v) is 18.9. The highest BCUT2D eigenvalue weighted by Gasteiger charge is 2.36. The van der Waals surface area contributed by atoms with Gasteiger partial charge in [0.25, 0.3) is 11.8 Å². The van der Waals surface area contributed by atoms with E-state index in [1.165, 1.54) is 0 Å². The van der Waals surface area contributed by atoms with Crippen LogP contribution in [0, 0.1) is 20.8 Å². The molecule has 0 spiro atoms. The largest absolute Gasteiger partial charge is 0.496 e. The molecule has 0 unspecified atom stereocenters. The van der Waals surface area contributed by atoms with E-state index >= 15 is 0 Å². The molecule has 2 aromatic rings. The van der Waals surface area contributed by atoms with Gasteiger partial charge in [-0.05, 0) is 65.8 Å². The Bertz CT molecular complexity index is 899. The molecule has 0 atom stereocenters. The first-order valence-electron chi connectivity index (χ1n) is 9.45. The Morgan fingerprint density at radius 3 is 2.07 bits per heavy atom. The van der Waals surface area contributed by atoms with Gasteiger partial charge in [-0.1, -0.05) is 23.3 Å². The molecular formula is C23H29ClN2O3. The third-order valence-electron chi connectivity index (χ3n) is 4.72. The third kappa shape index (κ3) is 4.98. The minimum atomic E-state index is -0.557. The van der Waals surface area contributed by atoms with Gasteiger partial charge in [-0.25, -0.2) is 5.01 Å². The molecule has 2 rings (SSSR count). The molecule has 0 N–H and O–H groups in total. The molecule has 0 heterocycles. The number of rotatable bonds is 5. The van der Waals surface area contributed by atoms with Gasteiger partial charge >= 0.3 is 0 Å². The van der Waals surface area contributed by atoms with Crippen molar-refractivity contribution in [2.45, 2.75) is 47.1 Å². The molecule has 0 aliphatic carbocycles. The minimum Gasteiger partial charge on any atom is -0.496 e. The maximum absolute atomic E-state index is 13.6. The van der Waals surface area contributed by atoms with Crippen LogP contribution in [0.3, 0.4) is 0 Å². The monoisotopic (exact) mass is 416 g/mol. The Morgan fingerprint density at radius 2 is 1.59 bits per heavy atom. The second-order valence-corrected chi connectivity index (χ2v) is 8.36. The van der Waals surface area contributed by atoms with Crippen LogP contribution in [0.1, 0.15) is 58.2 Å². The third-order valence-corrected chi connectivity index (χ3v) is 4.94. The van der Waals surface area contributed by atoms with Gasteiger partial charge in [0.1, 0.15) is 5.75 Å². The van der Waals surface area contributed by atoms with Crippen molar-refractivity contribution in [2.24, 2.45) is 0 Å². The van der Waals surface area contributed by atoms with E-state index in [1.807, 2.05) is 40.7 Å². The summed E-state index contributed by atoms with van der Waals surface area (Å²) in [6.07, 6.45) is 0. The molecule has 0 aliphatic heterocycles. The number of ether oxygens (including phenoxy) is 1. The highest BCUT2D eigenvalue weighted by molar-refractivity contribution is 6.18. The second kappa shape index (κ2) is 8.97. The number of methoxy groups -OCH3 is 1. The average molecular weight is 417 g/mol. The zero-order chi connectivity index (χ0) is 21.9. The van der Waals surface area contributed by atoms with Crippen LogP contribution in [-0.4, -0.2) is 40.5 Å². The predicted molar refractivity (Wildman–Crippen MR) is 116 cm³/mol. The molecule has 0 bridgehead atoms. The fourth-order valence-electron chi connectivity index (χ4n) is 3.25. The SMILES string of the molecule is COc1cccc(C(=O)N(C(=O)c2cc(C)cc(C)c2)N(CCl)C(C)(C)C)c1C. The maximum atomic E-state index is 13.6. The fourth-order valence-corrected chi connectivity index (χ4v) is 3.71. The number of hydrazine groups is 1. The Morgan fingerprint density at radius 1 is 1.00 bits per heavy atom. The normalized spacial score (nSPS) is 11.5. The first-order valence-corrected chi connectivity index (χ1v) is 9.99. The second-order valence-electron chi connectivity index (χ2n) is 8.12. The van der Waals surface area contributed by atoms with E-state index in [4.69, 9.17) is 16.3 Å². The number of alkyl halides is 1. The number of imide groups is 1. The average Bonchev–Trinajstić information content (AvgIpc) is 2.63. The van der Waals surface area contributed by atoms with Gasteiger partial charge in [-0.3, -0.25) is 9.59 Å². The Kier molecular flexibility index (Phi) is 7.09. The van der Waals surface area contributed by atoms with E-state index < -0.39 is 17.4 Å². The van der Waals surface area contributed by atoms with Gasteiger partial charge in [0, 0.05) is 22.2 Å². The smallest absolute Gasteiger partial charge is 0.276 e. The molecule has 2 aromatic carbocycles. The molecule has 0 aliphatic rings. The van der Waals surface area contributed by atoms with Crippen molar-refractivity contribution < 1.29 is 14.3 Å². The molecule has 5 nitrogen and oxygen atoms in total. The summed E-state index contributed by atoms with van der Waals surface area (Å²) in [6.45, 7) is 11.4. The van der Waals surface area contributed by atoms with E-state index in [9.17, 15) is 9.59 Å². The van der Waals surface area contributed by atoms with Crippen molar-refractivity contribution in [3.05, 3.63) is 64.2 Å². The number of amides is 2. The number of aryl methyl sites for hydroxylation is 2. The summed E-state index contributed by atoms with van der Waals surface area (Å²) in [5.41, 5.74) is 2.84. The lowest BCUT2D eigenvalue weighted by Gasteiger charge is -2.41. The van der Waals surface area contributed by atoms with Crippen LogP contribution < -0.4 is 4.74 Å². The Hall–Kier alpha value is -2.37. The predicted octanol–water partition coefficient (Wildman–Crippen LogP) is 5.11. The quantitative estimate of drug-likeness (QED) is 0.294. The van der Waals surface area contributed by atoms with Crippen molar-refractivity contribution >= 4 is 23.4 Å². The summed E-state index contributed by atoms with van der Waals surface area (Å²) in [6, 6.07) is 10.7. The van der Waals surface area contributed by atoms with Gasteiger partial charge in [0.2, 0.25) is 0 Å². The van der Waals surface area contributed by atoms with E-state index in [2.05, 4.69) is 0 Å².